The van der Waals surface area contributed by atoms with Crippen LogP contribution in [-0.4, -0.2) is 28.7 Å². The van der Waals surface area contributed by atoms with Crippen molar-refractivity contribution in [1.29, 1.82) is 0 Å². The Balaban J connectivity index is 2.23. The fourth-order valence-electron chi connectivity index (χ4n) is 2.15. The fraction of sp³-hybridized carbons (Fsp3) is 0.923. The molecule has 0 N–H and O–H groups in total. The summed E-state index contributed by atoms with van der Waals surface area (Å²) in [5.41, 5.74) is 0. The Labute approximate surface area is 108 Å². The Hall–Kier alpha value is -0.0500. The lowest BCUT2D eigenvalue weighted by Gasteiger charge is -2.37. The van der Waals surface area contributed by atoms with E-state index in [0.717, 1.165) is 24.7 Å². The molecule has 0 aromatic carbocycles. The minimum Gasteiger partial charge on any atom is -0.339 e. The van der Waals surface area contributed by atoms with Gasteiger partial charge in [0.15, 0.2) is 0 Å². The van der Waals surface area contributed by atoms with Crippen molar-refractivity contribution in [3.8, 4) is 0 Å². The molecule has 1 fully saturated rings. The molecule has 0 aromatic heterocycles. The summed E-state index contributed by atoms with van der Waals surface area (Å²) < 4.78 is 0. The second-order valence-corrected chi connectivity index (χ2v) is 5.46. The van der Waals surface area contributed by atoms with Crippen molar-refractivity contribution in [3.63, 3.8) is 0 Å². The molecule has 1 saturated carbocycles. The third-order valence-electron chi connectivity index (χ3n) is 3.41. The number of carbonyl (C=O) groups is 1. The molecule has 94 valence electrons. The molecule has 16 heavy (non-hydrogen) atoms. The number of rotatable bonds is 8. The number of hydrogen-bond donors (Lipinski definition) is 0. The van der Waals surface area contributed by atoms with Gasteiger partial charge in [0.1, 0.15) is 0 Å². The maximum absolute atomic E-state index is 12.0. The first-order valence-corrected chi connectivity index (χ1v) is 7.77. The van der Waals surface area contributed by atoms with E-state index in [1.807, 2.05) is 0 Å². The zero-order valence-corrected chi connectivity index (χ0v) is 12.0. The van der Waals surface area contributed by atoms with Gasteiger partial charge < -0.3 is 4.90 Å². The molecule has 0 atom stereocenters. The number of amides is 1. The molecular weight excluding hydrogens is 266 g/mol. The van der Waals surface area contributed by atoms with E-state index in [-0.39, 0.29) is 0 Å². The van der Waals surface area contributed by atoms with Crippen LogP contribution in [0.5, 0.6) is 0 Å². The first-order chi connectivity index (χ1) is 7.79. The van der Waals surface area contributed by atoms with Crippen molar-refractivity contribution in [2.45, 2.75) is 64.3 Å². The summed E-state index contributed by atoms with van der Waals surface area (Å²) in [5.74, 6) is 0.375. The average Bonchev–Trinajstić information content (AvgIpc) is 2.21. The van der Waals surface area contributed by atoms with Crippen molar-refractivity contribution in [3.05, 3.63) is 0 Å². The van der Waals surface area contributed by atoms with E-state index in [9.17, 15) is 4.79 Å². The van der Waals surface area contributed by atoms with Crippen LogP contribution < -0.4 is 0 Å². The number of hydrogen-bond acceptors (Lipinski definition) is 1. The Morgan fingerprint density at radius 1 is 1.31 bits per heavy atom. The largest absolute Gasteiger partial charge is 0.339 e. The summed E-state index contributed by atoms with van der Waals surface area (Å²) in [4.78, 5) is 14.1. The normalized spacial score (nSPS) is 15.9. The maximum atomic E-state index is 12.0. The topological polar surface area (TPSA) is 20.3 Å². The molecule has 0 radical (unpaired) electrons. The molecule has 1 rings (SSSR count). The SMILES string of the molecule is CCCCCCC(=O)N(CCBr)C1CCC1. The van der Waals surface area contributed by atoms with Crippen molar-refractivity contribution in [2.24, 2.45) is 0 Å². The highest BCUT2D eigenvalue weighted by atomic mass is 79.9. The van der Waals surface area contributed by atoms with Gasteiger partial charge in [-0.05, 0) is 25.7 Å². The van der Waals surface area contributed by atoms with Crippen molar-refractivity contribution in [1.82, 2.24) is 4.90 Å². The molecule has 2 nitrogen and oxygen atoms in total. The molecule has 0 unspecified atom stereocenters. The number of carbonyl (C=O) groups excluding carboxylic acids is 1. The number of unbranched alkanes of at least 4 members (excludes halogenated alkanes) is 3. The van der Waals surface area contributed by atoms with Crippen LogP contribution in [0.2, 0.25) is 0 Å². The lowest BCUT2D eigenvalue weighted by atomic mass is 9.91. The molecule has 1 amide bonds. The van der Waals surface area contributed by atoms with Gasteiger partial charge in [-0.1, -0.05) is 42.1 Å². The molecule has 0 bridgehead atoms. The third-order valence-corrected chi connectivity index (χ3v) is 3.76. The van der Waals surface area contributed by atoms with Crippen LogP contribution in [0.1, 0.15) is 58.3 Å². The van der Waals surface area contributed by atoms with E-state index in [2.05, 4.69) is 27.8 Å². The summed E-state index contributed by atoms with van der Waals surface area (Å²) >= 11 is 3.44. The van der Waals surface area contributed by atoms with Crippen LogP contribution >= 0.6 is 15.9 Å². The Morgan fingerprint density at radius 2 is 2.06 bits per heavy atom. The van der Waals surface area contributed by atoms with Crippen LogP contribution in [0, 0.1) is 0 Å². The van der Waals surface area contributed by atoms with Crippen LogP contribution in [0.4, 0.5) is 0 Å². The van der Waals surface area contributed by atoms with E-state index in [1.165, 1.54) is 38.5 Å². The Kier molecular flexibility index (Phi) is 7.10. The second-order valence-electron chi connectivity index (χ2n) is 4.67. The average molecular weight is 290 g/mol. The molecule has 0 heterocycles. The molecule has 1 aliphatic rings. The highest BCUT2D eigenvalue weighted by molar-refractivity contribution is 9.09. The predicted molar refractivity (Wildman–Crippen MR) is 71.9 cm³/mol. The standard InChI is InChI=1S/C13H24BrNO/c1-2-3-4-5-9-13(16)15(11-10-14)12-7-6-8-12/h12H,2-11H2,1H3. The first-order valence-electron chi connectivity index (χ1n) is 6.65. The summed E-state index contributed by atoms with van der Waals surface area (Å²) in [7, 11) is 0. The summed E-state index contributed by atoms with van der Waals surface area (Å²) in [6.45, 7) is 3.09. The van der Waals surface area contributed by atoms with Crippen LogP contribution in [0.3, 0.4) is 0 Å². The van der Waals surface area contributed by atoms with Gasteiger partial charge in [0.05, 0.1) is 0 Å². The Bertz CT molecular complexity index is 204. The fourth-order valence-corrected chi connectivity index (χ4v) is 2.53. The van der Waals surface area contributed by atoms with Crippen LogP contribution in [0.15, 0.2) is 0 Å². The van der Waals surface area contributed by atoms with E-state index < -0.39 is 0 Å². The van der Waals surface area contributed by atoms with Crippen LogP contribution in [-0.2, 0) is 4.79 Å². The molecule has 0 spiro atoms. The number of halogens is 1. The van der Waals surface area contributed by atoms with E-state index >= 15 is 0 Å². The van der Waals surface area contributed by atoms with E-state index in [1.54, 1.807) is 0 Å². The van der Waals surface area contributed by atoms with Gasteiger partial charge in [-0.25, -0.2) is 0 Å². The molecule has 3 heteroatoms. The highest BCUT2D eigenvalue weighted by Gasteiger charge is 2.27. The summed E-state index contributed by atoms with van der Waals surface area (Å²) in [6.07, 6.45) is 9.25. The lowest BCUT2D eigenvalue weighted by Crippen LogP contribution is -2.45. The van der Waals surface area contributed by atoms with Crippen molar-refractivity contribution < 1.29 is 4.79 Å². The second kappa shape index (κ2) is 8.10. The smallest absolute Gasteiger partial charge is 0.222 e. The highest BCUT2D eigenvalue weighted by Crippen LogP contribution is 2.25. The quantitative estimate of drug-likeness (QED) is 0.492. The van der Waals surface area contributed by atoms with Gasteiger partial charge >= 0.3 is 0 Å². The Morgan fingerprint density at radius 3 is 2.56 bits per heavy atom. The first kappa shape index (κ1) is 14.0. The van der Waals surface area contributed by atoms with Gasteiger partial charge in [-0.15, -0.1) is 0 Å². The third kappa shape index (κ3) is 4.44. The van der Waals surface area contributed by atoms with Gasteiger partial charge in [0.25, 0.3) is 0 Å². The molecule has 0 aliphatic heterocycles. The lowest BCUT2D eigenvalue weighted by molar-refractivity contribution is -0.135. The van der Waals surface area contributed by atoms with Gasteiger partial charge in [-0.2, -0.15) is 0 Å². The minimum absolute atomic E-state index is 0.375. The van der Waals surface area contributed by atoms with Crippen molar-refractivity contribution >= 4 is 21.8 Å². The van der Waals surface area contributed by atoms with Gasteiger partial charge in [-0.3, -0.25) is 4.79 Å². The number of alkyl halides is 1. The van der Waals surface area contributed by atoms with E-state index in [0.29, 0.717) is 11.9 Å². The molecular formula is C13H24BrNO. The predicted octanol–water partition coefficient (Wildman–Crippen LogP) is 3.73. The van der Waals surface area contributed by atoms with Crippen molar-refractivity contribution in [2.75, 3.05) is 11.9 Å². The minimum atomic E-state index is 0.375. The summed E-state index contributed by atoms with van der Waals surface area (Å²) in [6, 6.07) is 0.552. The maximum Gasteiger partial charge on any atom is 0.222 e. The zero-order chi connectivity index (χ0) is 11.8. The monoisotopic (exact) mass is 289 g/mol. The van der Waals surface area contributed by atoms with E-state index in [4.69, 9.17) is 0 Å². The zero-order valence-electron chi connectivity index (χ0n) is 10.4. The number of nitrogens with zero attached hydrogens (tertiary/aromatic N) is 1. The van der Waals surface area contributed by atoms with Gasteiger partial charge in [0, 0.05) is 24.3 Å². The van der Waals surface area contributed by atoms with Gasteiger partial charge in [0.2, 0.25) is 5.91 Å². The molecule has 1 aliphatic carbocycles. The molecule has 0 aromatic rings. The summed E-state index contributed by atoms with van der Waals surface area (Å²) in [5, 5.41) is 0.907. The van der Waals surface area contributed by atoms with Crippen LogP contribution in [0.25, 0.3) is 0 Å². The molecule has 0 saturated heterocycles.